The van der Waals surface area contributed by atoms with Crippen LogP contribution in [0.5, 0.6) is 0 Å². The molecule has 0 bridgehead atoms. The van der Waals surface area contributed by atoms with Gasteiger partial charge in [0, 0.05) is 0 Å². The summed E-state index contributed by atoms with van der Waals surface area (Å²) in [6.45, 7) is 9.47. The highest BCUT2D eigenvalue weighted by Gasteiger charge is 2.05. The van der Waals surface area contributed by atoms with Crippen molar-refractivity contribution in [1.29, 1.82) is 0 Å². The maximum Gasteiger partial charge on any atom is -0.0443 e. The van der Waals surface area contributed by atoms with Gasteiger partial charge in [-0.2, -0.15) is 0 Å². The van der Waals surface area contributed by atoms with Gasteiger partial charge in [0.25, 0.3) is 0 Å². The first-order valence-corrected chi connectivity index (χ1v) is 8.20. The third-order valence-electron chi connectivity index (χ3n) is 3.99. The van der Waals surface area contributed by atoms with E-state index >= 15 is 0 Å². The zero-order chi connectivity index (χ0) is 12.9. The summed E-state index contributed by atoms with van der Waals surface area (Å²) in [6.07, 6.45) is 15.8. The third-order valence-corrected chi connectivity index (χ3v) is 3.99. The molecule has 2 atom stereocenters. The van der Waals surface area contributed by atoms with Crippen LogP contribution < -0.4 is 0 Å². The number of hydrogen-bond donors (Lipinski definition) is 0. The van der Waals surface area contributed by atoms with Gasteiger partial charge < -0.3 is 0 Å². The van der Waals surface area contributed by atoms with Crippen molar-refractivity contribution >= 4 is 0 Å². The van der Waals surface area contributed by atoms with Crippen LogP contribution in [0, 0.1) is 11.8 Å². The van der Waals surface area contributed by atoms with Crippen LogP contribution in [0.1, 0.15) is 98.3 Å². The highest BCUT2D eigenvalue weighted by atomic mass is 14.1. The van der Waals surface area contributed by atoms with Gasteiger partial charge in [0.05, 0.1) is 0 Å². The van der Waals surface area contributed by atoms with Crippen LogP contribution in [0.4, 0.5) is 0 Å². The van der Waals surface area contributed by atoms with Crippen molar-refractivity contribution < 1.29 is 0 Å². The van der Waals surface area contributed by atoms with Crippen molar-refractivity contribution in [1.82, 2.24) is 0 Å². The van der Waals surface area contributed by atoms with E-state index in [9.17, 15) is 0 Å². The van der Waals surface area contributed by atoms with Crippen molar-refractivity contribution in [3.8, 4) is 0 Å². The Balaban J connectivity index is 3.28. The Hall–Kier alpha value is 0. The molecule has 0 spiro atoms. The van der Waals surface area contributed by atoms with E-state index in [1.165, 1.54) is 70.6 Å². The summed E-state index contributed by atoms with van der Waals surface area (Å²) in [4.78, 5) is 0. The lowest BCUT2D eigenvalue weighted by molar-refractivity contribution is 0.395. The number of unbranched alkanes of at least 4 members (excludes halogenated alkanes) is 4. The average Bonchev–Trinajstić information content (AvgIpc) is 2.32. The molecule has 0 rings (SSSR count). The Labute approximate surface area is 111 Å². The van der Waals surface area contributed by atoms with Crippen LogP contribution >= 0.6 is 0 Å². The normalized spacial score (nSPS) is 14.8. The Bertz CT molecular complexity index is 139. The first-order chi connectivity index (χ1) is 8.20. The summed E-state index contributed by atoms with van der Waals surface area (Å²) in [5.74, 6) is 1.92. The van der Waals surface area contributed by atoms with Crippen molar-refractivity contribution in [3.05, 3.63) is 0 Å². The van der Waals surface area contributed by atoms with Gasteiger partial charge in [0.1, 0.15) is 0 Å². The molecular formula is C17H36. The monoisotopic (exact) mass is 240 g/mol. The zero-order valence-corrected chi connectivity index (χ0v) is 12.9. The molecule has 0 heterocycles. The minimum absolute atomic E-state index is 0.960. The number of rotatable bonds is 12. The fraction of sp³-hybridized carbons (Fsp3) is 1.00. The summed E-state index contributed by atoms with van der Waals surface area (Å²) in [6, 6.07) is 0. The van der Waals surface area contributed by atoms with Crippen LogP contribution in [0.2, 0.25) is 0 Å². The van der Waals surface area contributed by atoms with E-state index in [0.717, 1.165) is 11.8 Å². The van der Waals surface area contributed by atoms with E-state index in [2.05, 4.69) is 27.7 Å². The predicted molar refractivity (Wildman–Crippen MR) is 80.5 cm³/mol. The van der Waals surface area contributed by atoms with Gasteiger partial charge in [-0.25, -0.2) is 0 Å². The topological polar surface area (TPSA) is 0 Å². The maximum absolute atomic E-state index is 2.45. The second kappa shape index (κ2) is 12.5. The van der Waals surface area contributed by atoms with Gasteiger partial charge >= 0.3 is 0 Å². The van der Waals surface area contributed by atoms with Gasteiger partial charge in [-0.15, -0.1) is 0 Å². The molecule has 0 saturated heterocycles. The molecule has 0 heteroatoms. The lowest BCUT2D eigenvalue weighted by atomic mass is 9.92. The first kappa shape index (κ1) is 17.0. The molecule has 0 aliphatic rings. The van der Waals surface area contributed by atoms with Gasteiger partial charge in [-0.05, 0) is 11.8 Å². The molecule has 0 radical (unpaired) electrons. The molecule has 0 aliphatic heterocycles. The molecule has 2 unspecified atom stereocenters. The van der Waals surface area contributed by atoms with Crippen molar-refractivity contribution in [2.45, 2.75) is 98.3 Å². The highest BCUT2D eigenvalue weighted by molar-refractivity contribution is 4.58. The van der Waals surface area contributed by atoms with E-state index in [1.807, 2.05) is 0 Å². The Kier molecular flexibility index (Phi) is 12.5. The third kappa shape index (κ3) is 12.2. The minimum atomic E-state index is 0.960. The van der Waals surface area contributed by atoms with Gasteiger partial charge in [-0.3, -0.25) is 0 Å². The molecular weight excluding hydrogens is 204 g/mol. The van der Waals surface area contributed by atoms with Crippen LogP contribution in [0.3, 0.4) is 0 Å². The summed E-state index contributed by atoms with van der Waals surface area (Å²) < 4.78 is 0. The molecule has 17 heavy (non-hydrogen) atoms. The second-order valence-corrected chi connectivity index (χ2v) is 6.13. The standard InChI is InChI=1S/C17H36/c1-5-7-9-10-13-17(4)15-11-14-16(3)12-8-6-2/h16-17H,5-15H2,1-4H3. The SMILES string of the molecule is CCCCCCC(C)CCCC(C)CCCC. The molecule has 0 fully saturated rings. The Morgan fingerprint density at radius 2 is 1.00 bits per heavy atom. The highest BCUT2D eigenvalue weighted by Crippen LogP contribution is 2.20. The van der Waals surface area contributed by atoms with Gasteiger partial charge in [0.2, 0.25) is 0 Å². The Morgan fingerprint density at radius 3 is 1.53 bits per heavy atom. The molecule has 0 aromatic heterocycles. The van der Waals surface area contributed by atoms with Crippen LogP contribution in [0.15, 0.2) is 0 Å². The second-order valence-electron chi connectivity index (χ2n) is 6.13. The summed E-state index contributed by atoms with van der Waals surface area (Å²) in [7, 11) is 0. The summed E-state index contributed by atoms with van der Waals surface area (Å²) in [5.41, 5.74) is 0. The molecule has 0 saturated carbocycles. The van der Waals surface area contributed by atoms with E-state index in [1.54, 1.807) is 0 Å². The fourth-order valence-corrected chi connectivity index (χ4v) is 2.58. The van der Waals surface area contributed by atoms with Crippen LogP contribution in [-0.2, 0) is 0 Å². The van der Waals surface area contributed by atoms with Crippen molar-refractivity contribution in [3.63, 3.8) is 0 Å². The molecule has 0 aliphatic carbocycles. The number of hydrogen-bond acceptors (Lipinski definition) is 0. The molecule has 104 valence electrons. The lowest BCUT2D eigenvalue weighted by Gasteiger charge is -2.14. The molecule has 0 N–H and O–H groups in total. The van der Waals surface area contributed by atoms with Crippen molar-refractivity contribution in [2.24, 2.45) is 11.8 Å². The van der Waals surface area contributed by atoms with E-state index < -0.39 is 0 Å². The Morgan fingerprint density at radius 1 is 0.529 bits per heavy atom. The molecule has 0 nitrogen and oxygen atoms in total. The summed E-state index contributed by atoms with van der Waals surface area (Å²) >= 11 is 0. The predicted octanol–water partition coefficient (Wildman–Crippen LogP) is 6.59. The van der Waals surface area contributed by atoms with E-state index in [-0.39, 0.29) is 0 Å². The van der Waals surface area contributed by atoms with E-state index in [4.69, 9.17) is 0 Å². The molecule has 0 amide bonds. The smallest absolute Gasteiger partial charge is 0.0443 e. The van der Waals surface area contributed by atoms with Crippen LogP contribution in [-0.4, -0.2) is 0 Å². The quantitative estimate of drug-likeness (QED) is 0.338. The fourth-order valence-electron chi connectivity index (χ4n) is 2.58. The first-order valence-electron chi connectivity index (χ1n) is 8.20. The summed E-state index contributed by atoms with van der Waals surface area (Å²) in [5, 5.41) is 0. The maximum atomic E-state index is 2.45. The minimum Gasteiger partial charge on any atom is -0.0654 e. The van der Waals surface area contributed by atoms with E-state index in [0.29, 0.717) is 0 Å². The van der Waals surface area contributed by atoms with Gasteiger partial charge in [-0.1, -0.05) is 98.3 Å². The van der Waals surface area contributed by atoms with Gasteiger partial charge in [0.15, 0.2) is 0 Å². The van der Waals surface area contributed by atoms with Crippen LogP contribution in [0.25, 0.3) is 0 Å². The zero-order valence-electron chi connectivity index (χ0n) is 12.9. The largest absolute Gasteiger partial charge is 0.0654 e. The molecule has 0 aromatic carbocycles. The average molecular weight is 240 g/mol. The lowest BCUT2D eigenvalue weighted by Crippen LogP contribution is -1.99. The van der Waals surface area contributed by atoms with Crippen molar-refractivity contribution in [2.75, 3.05) is 0 Å². The molecule has 0 aromatic rings.